The van der Waals surface area contributed by atoms with Crippen LogP contribution < -0.4 is 10.6 Å². The lowest BCUT2D eigenvalue weighted by atomic mass is 10.1. The van der Waals surface area contributed by atoms with Crippen molar-refractivity contribution in [3.63, 3.8) is 0 Å². The average molecular weight is 394 g/mol. The van der Waals surface area contributed by atoms with E-state index in [0.29, 0.717) is 6.54 Å². The van der Waals surface area contributed by atoms with E-state index in [-0.39, 0.29) is 16.8 Å². The van der Waals surface area contributed by atoms with E-state index in [2.05, 4.69) is 15.7 Å². The number of likely N-dealkylation sites (N-methyl/N-ethyl adjacent to an activating group) is 1. The summed E-state index contributed by atoms with van der Waals surface area (Å²) < 4.78 is 27.9. The molecule has 0 saturated heterocycles. The lowest BCUT2D eigenvalue weighted by Crippen LogP contribution is -2.35. The zero-order valence-corrected chi connectivity index (χ0v) is 17.1. The summed E-state index contributed by atoms with van der Waals surface area (Å²) in [6, 6.07) is 5.91. The number of hydrogen-bond acceptors (Lipinski definition) is 5. The van der Waals surface area contributed by atoms with Crippen LogP contribution in [-0.2, 0) is 28.4 Å². The number of carbonyl (C=O) groups is 1. The minimum atomic E-state index is -3.51. The van der Waals surface area contributed by atoms with Crippen LogP contribution >= 0.6 is 0 Å². The van der Waals surface area contributed by atoms with Crippen molar-refractivity contribution in [1.29, 1.82) is 0 Å². The Hall–Kier alpha value is -2.23. The van der Waals surface area contributed by atoms with Crippen molar-refractivity contribution >= 4 is 15.9 Å². The highest BCUT2D eigenvalue weighted by Crippen LogP contribution is 2.17. The summed E-state index contributed by atoms with van der Waals surface area (Å²) in [6.45, 7) is 3.95. The van der Waals surface area contributed by atoms with Crippen molar-refractivity contribution < 1.29 is 13.2 Å². The summed E-state index contributed by atoms with van der Waals surface area (Å²) in [7, 11) is 1.55. The van der Waals surface area contributed by atoms with Crippen LogP contribution in [0.3, 0.4) is 0 Å². The number of rotatable bonds is 8. The number of nitrogens with zero attached hydrogens (tertiary/aromatic N) is 3. The Morgan fingerprint density at radius 2 is 1.89 bits per heavy atom. The van der Waals surface area contributed by atoms with Gasteiger partial charge in [0, 0.05) is 38.4 Å². The van der Waals surface area contributed by atoms with Gasteiger partial charge in [-0.15, -0.1) is 0 Å². The van der Waals surface area contributed by atoms with Crippen LogP contribution in [0.2, 0.25) is 0 Å². The maximum Gasteiger partial charge on any atom is 0.243 e. The lowest BCUT2D eigenvalue weighted by Gasteiger charge is -2.21. The number of sulfonamides is 1. The molecule has 0 aliphatic carbocycles. The minimum absolute atomic E-state index is 0.125. The van der Waals surface area contributed by atoms with E-state index in [1.54, 1.807) is 62.5 Å². The van der Waals surface area contributed by atoms with Crippen molar-refractivity contribution in [2.75, 3.05) is 14.1 Å². The molecule has 2 N–H and O–H groups in total. The van der Waals surface area contributed by atoms with Crippen LogP contribution in [0.5, 0.6) is 0 Å². The lowest BCUT2D eigenvalue weighted by molar-refractivity contribution is -0.123. The van der Waals surface area contributed by atoms with Gasteiger partial charge in [-0.3, -0.25) is 9.48 Å². The number of nitrogens with one attached hydrogen (secondary N) is 2. The zero-order valence-electron chi connectivity index (χ0n) is 16.3. The second kappa shape index (κ2) is 8.64. The number of aromatic nitrogens is 2. The first kappa shape index (κ1) is 21.1. The standard InChI is InChI=1S/C18H27N5O3S/c1-13(2)23(5)27(25,26)16-8-6-14(7-9-16)10-20-18(24)17(19-3)15-11-21-22(4)12-15/h6-9,11-13,17,19H,10H2,1-5H3,(H,20,24). The third-order valence-corrected chi connectivity index (χ3v) is 6.45. The Labute approximate surface area is 160 Å². The highest BCUT2D eigenvalue weighted by atomic mass is 32.2. The number of hydrogen-bond donors (Lipinski definition) is 2. The van der Waals surface area contributed by atoms with Gasteiger partial charge >= 0.3 is 0 Å². The van der Waals surface area contributed by atoms with Crippen molar-refractivity contribution in [3.8, 4) is 0 Å². The van der Waals surface area contributed by atoms with E-state index in [4.69, 9.17) is 0 Å². The Balaban J connectivity index is 2.03. The van der Waals surface area contributed by atoms with Crippen molar-refractivity contribution in [1.82, 2.24) is 24.7 Å². The Morgan fingerprint density at radius 3 is 2.37 bits per heavy atom. The van der Waals surface area contributed by atoms with Gasteiger partial charge in [0.2, 0.25) is 15.9 Å². The SMILES string of the molecule is CNC(C(=O)NCc1ccc(S(=O)(=O)N(C)C(C)C)cc1)c1cnn(C)c1. The largest absolute Gasteiger partial charge is 0.350 e. The Kier molecular flexibility index (Phi) is 6.74. The molecule has 8 nitrogen and oxygen atoms in total. The molecule has 2 aromatic rings. The molecule has 9 heteroatoms. The maximum atomic E-state index is 12.5. The van der Waals surface area contributed by atoms with Gasteiger partial charge in [-0.1, -0.05) is 12.1 Å². The third-order valence-electron chi connectivity index (χ3n) is 4.40. The van der Waals surface area contributed by atoms with Gasteiger partial charge in [-0.25, -0.2) is 8.42 Å². The van der Waals surface area contributed by atoms with Crippen molar-refractivity contribution in [3.05, 3.63) is 47.8 Å². The van der Waals surface area contributed by atoms with Gasteiger partial charge in [0.05, 0.1) is 11.1 Å². The molecule has 1 aromatic carbocycles. The predicted molar refractivity (Wildman–Crippen MR) is 103 cm³/mol. The molecule has 0 fully saturated rings. The Morgan fingerprint density at radius 1 is 1.26 bits per heavy atom. The molecule has 1 aromatic heterocycles. The molecule has 27 heavy (non-hydrogen) atoms. The normalized spacial score (nSPS) is 13.1. The molecule has 0 radical (unpaired) electrons. The van der Waals surface area contributed by atoms with Gasteiger partial charge in [0.15, 0.2) is 0 Å². The fraction of sp³-hybridized carbons (Fsp3) is 0.444. The summed E-state index contributed by atoms with van der Waals surface area (Å²) in [4.78, 5) is 12.7. The average Bonchev–Trinajstić information content (AvgIpc) is 3.06. The molecule has 0 aliphatic rings. The Bertz CT molecular complexity index is 875. The van der Waals surface area contributed by atoms with Gasteiger partial charge in [-0.2, -0.15) is 9.40 Å². The van der Waals surface area contributed by atoms with Crippen LogP contribution in [0, 0.1) is 0 Å². The molecule has 1 atom stereocenters. The van der Waals surface area contributed by atoms with E-state index in [1.807, 2.05) is 13.8 Å². The number of carbonyl (C=O) groups excluding carboxylic acids is 1. The molecule has 0 spiro atoms. The van der Waals surface area contributed by atoms with Crippen LogP contribution in [0.25, 0.3) is 0 Å². The predicted octanol–water partition coefficient (Wildman–Crippen LogP) is 1.03. The van der Waals surface area contributed by atoms with Gasteiger partial charge in [0.25, 0.3) is 0 Å². The fourth-order valence-corrected chi connectivity index (χ4v) is 3.92. The van der Waals surface area contributed by atoms with Crippen LogP contribution in [0.4, 0.5) is 0 Å². The second-order valence-electron chi connectivity index (χ2n) is 6.65. The molecule has 0 saturated carbocycles. The van der Waals surface area contributed by atoms with Gasteiger partial charge in [-0.05, 0) is 38.6 Å². The van der Waals surface area contributed by atoms with Crippen molar-refractivity contribution in [2.45, 2.75) is 37.4 Å². The second-order valence-corrected chi connectivity index (χ2v) is 8.64. The molecule has 0 bridgehead atoms. The first-order valence-electron chi connectivity index (χ1n) is 8.67. The van der Waals surface area contributed by atoms with Crippen LogP contribution in [-0.4, -0.2) is 48.5 Å². The molecular weight excluding hydrogens is 366 g/mol. The van der Waals surface area contributed by atoms with E-state index < -0.39 is 16.1 Å². The molecule has 1 unspecified atom stereocenters. The van der Waals surface area contributed by atoms with Crippen molar-refractivity contribution in [2.24, 2.45) is 7.05 Å². The molecule has 1 amide bonds. The molecular formula is C18H27N5O3S. The summed E-state index contributed by atoms with van der Waals surface area (Å²) in [5.41, 5.74) is 1.59. The number of aryl methyl sites for hydroxylation is 1. The minimum Gasteiger partial charge on any atom is -0.350 e. The van der Waals surface area contributed by atoms with E-state index in [0.717, 1.165) is 11.1 Å². The molecule has 1 heterocycles. The zero-order chi connectivity index (χ0) is 20.2. The molecule has 0 aliphatic heterocycles. The van der Waals surface area contributed by atoms with E-state index >= 15 is 0 Å². The monoisotopic (exact) mass is 393 g/mol. The molecule has 2 rings (SSSR count). The third kappa shape index (κ3) is 4.94. The summed E-state index contributed by atoms with van der Waals surface area (Å²) in [6.07, 6.45) is 3.43. The summed E-state index contributed by atoms with van der Waals surface area (Å²) in [5, 5.41) is 9.91. The van der Waals surface area contributed by atoms with Gasteiger partial charge in [0.1, 0.15) is 6.04 Å². The first-order valence-corrected chi connectivity index (χ1v) is 10.1. The number of benzene rings is 1. The summed E-state index contributed by atoms with van der Waals surface area (Å²) >= 11 is 0. The first-order chi connectivity index (χ1) is 12.7. The summed E-state index contributed by atoms with van der Waals surface area (Å²) in [5.74, 6) is -0.179. The maximum absolute atomic E-state index is 12.5. The quantitative estimate of drug-likeness (QED) is 0.698. The topological polar surface area (TPSA) is 96.3 Å². The van der Waals surface area contributed by atoms with Crippen LogP contribution in [0.15, 0.2) is 41.6 Å². The van der Waals surface area contributed by atoms with E-state index in [9.17, 15) is 13.2 Å². The smallest absolute Gasteiger partial charge is 0.243 e. The van der Waals surface area contributed by atoms with Gasteiger partial charge < -0.3 is 10.6 Å². The molecule has 148 valence electrons. The number of amides is 1. The fourth-order valence-electron chi connectivity index (χ4n) is 2.55. The highest BCUT2D eigenvalue weighted by molar-refractivity contribution is 7.89. The van der Waals surface area contributed by atoms with Crippen LogP contribution in [0.1, 0.15) is 31.0 Å². The highest BCUT2D eigenvalue weighted by Gasteiger charge is 2.23. The van der Waals surface area contributed by atoms with E-state index in [1.165, 1.54) is 4.31 Å².